The Labute approximate surface area is 151 Å². The van der Waals surface area contributed by atoms with Gasteiger partial charge in [-0.15, -0.1) is 0 Å². The molecule has 0 saturated carbocycles. The molecular formula is C19H23N3O4. The molecule has 2 N–H and O–H groups in total. The van der Waals surface area contributed by atoms with Crippen LogP contribution in [-0.2, 0) is 0 Å². The van der Waals surface area contributed by atoms with Crippen molar-refractivity contribution in [3.05, 3.63) is 52.4 Å². The lowest BCUT2D eigenvalue weighted by atomic mass is 9.97. The zero-order chi connectivity index (χ0) is 18.9. The third-order valence-corrected chi connectivity index (χ3v) is 4.71. The molecular weight excluding hydrogens is 334 g/mol. The van der Waals surface area contributed by atoms with E-state index in [1.165, 1.54) is 6.20 Å². The summed E-state index contributed by atoms with van der Waals surface area (Å²) in [7, 11) is 1.63. The fraction of sp³-hybridized carbons (Fsp3) is 0.368. The van der Waals surface area contributed by atoms with E-state index >= 15 is 0 Å². The van der Waals surface area contributed by atoms with Gasteiger partial charge in [0.1, 0.15) is 11.5 Å². The number of hydrogen-bond acceptors (Lipinski definition) is 5. The van der Waals surface area contributed by atoms with Crippen molar-refractivity contribution in [1.82, 2.24) is 9.88 Å². The minimum Gasteiger partial charge on any atom is -0.507 e. The zero-order valence-corrected chi connectivity index (χ0v) is 15.2. The first-order valence-electron chi connectivity index (χ1n) is 8.44. The summed E-state index contributed by atoms with van der Waals surface area (Å²) < 4.78 is 5.21. The zero-order valence-electron chi connectivity index (χ0n) is 15.2. The summed E-state index contributed by atoms with van der Waals surface area (Å²) in [4.78, 5) is 30.4. The number of ether oxygens (including phenoxy) is 1. The van der Waals surface area contributed by atoms with Gasteiger partial charge in [-0.3, -0.25) is 9.59 Å². The molecule has 0 bridgehead atoms. The molecule has 0 spiro atoms. The molecule has 1 saturated heterocycles. The van der Waals surface area contributed by atoms with Crippen molar-refractivity contribution in [1.29, 1.82) is 0 Å². The number of aromatic hydroxyl groups is 1. The normalized spacial score (nSPS) is 16.4. The van der Waals surface area contributed by atoms with Crippen molar-refractivity contribution in [3.63, 3.8) is 0 Å². The lowest BCUT2D eigenvalue weighted by molar-refractivity contribution is 0.0682. The third-order valence-electron chi connectivity index (χ3n) is 4.71. The highest BCUT2D eigenvalue weighted by Gasteiger charge is 2.36. The fourth-order valence-electron chi connectivity index (χ4n) is 3.37. The van der Waals surface area contributed by atoms with Gasteiger partial charge in [-0.05, 0) is 38.1 Å². The minimum absolute atomic E-state index is 0.110. The predicted molar refractivity (Wildman–Crippen MR) is 99.1 cm³/mol. The Morgan fingerprint density at radius 1 is 1.23 bits per heavy atom. The number of aromatic nitrogens is 1. The maximum atomic E-state index is 12.8. The Kier molecular flexibility index (Phi) is 4.63. The molecule has 2 heterocycles. The first-order valence-corrected chi connectivity index (χ1v) is 8.44. The number of piperazine rings is 1. The maximum Gasteiger partial charge on any atom is 0.259 e. The van der Waals surface area contributed by atoms with Crippen LogP contribution in [0, 0.1) is 0 Å². The van der Waals surface area contributed by atoms with E-state index in [0.717, 1.165) is 17.5 Å². The van der Waals surface area contributed by atoms with Gasteiger partial charge in [0.2, 0.25) is 0 Å². The van der Waals surface area contributed by atoms with E-state index in [1.54, 1.807) is 12.0 Å². The van der Waals surface area contributed by atoms with Crippen molar-refractivity contribution < 1.29 is 14.6 Å². The van der Waals surface area contributed by atoms with Gasteiger partial charge < -0.3 is 24.6 Å². The number of anilines is 1. The summed E-state index contributed by atoms with van der Waals surface area (Å²) in [5.41, 5.74) is 0.442. The molecule has 0 atom stereocenters. The molecule has 3 rings (SSSR count). The molecule has 7 heteroatoms. The standard InChI is InChI=1S/C19H23N3O4/c1-19(2)12-21(18(25)15-11-20-17(24)10-16(15)23)8-9-22(19)13-4-6-14(26-3)7-5-13/h4-7,10-11H,8-9,12H2,1-3H3,(H2,20,23,24). The van der Waals surface area contributed by atoms with Crippen LogP contribution in [0.3, 0.4) is 0 Å². The van der Waals surface area contributed by atoms with Crippen LogP contribution in [0.25, 0.3) is 0 Å². The van der Waals surface area contributed by atoms with Gasteiger partial charge in [-0.1, -0.05) is 0 Å². The highest BCUT2D eigenvalue weighted by atomic mass is 16.5. The van der Waals surface area contributed by atoms with Crippen LogP contribution < -0.4 is 15.2 Å². The topological polar surface area (TPSA) is 85.9 Å². The third kappa shape index (κ3) is 3.37. The van der Waals surface area contributed by atoms with Gasteiger partial charge in [-0.25, -0.2) is 0 Å². The average molecular weight is 357 g/mol. The summed E-state index contributed by atoms with van der Waals surface area (Å²) in [6.07, 6.45) is 1.27. The number of carbonyl (C=O) groups excluding carboxylic acids is 1. The Bertz CT molecular complexity index is 858. The van der Waals surface area contributed by atoms with Crippen LogP contribution in [0.5, 0.6) is 11.5 Å². The van der Waals surface area contributed by atoms with Gasteiger partial charge in [0.25, 0.3) is 11.5 Å². The van der Waals surface area contributed by atoms with Crippen molar-refractivity contribution in [3.8, 4) is 11.5 Å². The van der Waals surface area contributed by atoms with Gasteiger partial charge >= 0.3 is 0 Å². The highest BCUT2D eigenvalue weighted by Crippen LogP contribution is 2.30. The molecule has 1 aliphatic rings. The SMILES string of the molecule is COc1ccc(N2CCN(C(=O)c3c[nH]c(=O)cc3O)CC2(C)C)cc1. The second kappa shape index (κ2) is 6.74. The second-order valence-electron chi connectivity index (χ2n) is 6.98. The monoisotopic (exact) mass is 357 g/mol. The molecule has 138 valence electrons. The van der Waals surface area contributed by atoms with E-state index in [9.17, 15) is 14.7 Å². The summed E-state index contributed by atoms with van der Waals surface area (Å²) in [5.74, 6) is 0.212. The molecule has 0 aliphatic carbocycles. The van der Waals surface area contributed by atoms with E-state index in [1.807, 2.05) is 24.3 Å². The van der Waals surface area contributed by atoms with E-state index in [0.29, 0.717) is 19.6 Å². The number of methoxy groups -OCH3 is 1. The summed E-state index contributed by atoms with van der Waals surface area (Å²) in [6.45, 7) is 5.82. The number of rotatable bonds is 3. The Morgan fingerprint density at radius 3 is 2.50 bits per heavy atom. The number of nitrogens with one attached hydrogen (secondary N) is 1. The molecule has 0 unspecified atom stereocenters. The van der Waals surface area contributed by atoms with E-state index in [4.69, 9.17) is 4.74 Å². The number of pyridine rings is 1. The smallest absolute Gasteiger partial charge is 0.259 e. The van der Waals surface area contributed by atoms with E-state index in [2.05, 4.69) is 23.7 Å². The van der Waals surface area contributed by atoms with Crippen LogP contribution in [0.1, 0.15) is 24.2 Å². The lowest BCUT2D eigenvalue weighted by Crippen LogP contribution is -2.60. The van der Waals surface area contributed by atoms with E-state index in [-0.39, 0.29) is 22.8 Å². The first-order chi connectivity index (χ1) is 12.3. The number of nitrogens with zero attached hydrogens (tertiary/aromatic N) is 2. The van der Waals surface area contributed by atoms with Crippen LogP contribution in [0.2, 0.25) is 0 Å². The van der Waals surface area contributed by atoms with Gasteiger partial charge in [0, 0.05) is 37.6 Å². The number of H-pyrrole nitrogens is 1. The molecule has 1 amide bonds. The highest BCUT2D eigenvalue weighted by molar-refractivity contribution is 5.96. The summed E-state index contributed by atoms with van der Waals surface area (Å²) in [5, 5.41) is 9.91. The van der Waals surface area contributed by atoms with Crippen molar-refractivity contribution in [2.75, 3.05) is 31.6 Å². The van der Waals surface area contributed by atoms with E-state index < -0.39 is 5.56 Å². The summed E-state index contributed by atoms with van der Waals surface area (Å²) >= 11 is 0. The van der Waals surface area contributed by atoms with Crippen molar-refractivity contribution in [2.24, 2.45) is 0 Å². The number of amides is 1. The maximum absolute atomic E-state index is 12.8. The van der Waals surface area contributed by atoms with Crippen LogP contribution in [0.4, 0.5) is 5.69 Å². The Morgan fingerprint density at radius 2 is 1.92 bits per heavy atom. The van der Waals surface area contributed by atoms with Gasteiger partial charge in [-0.2, -0.15) is 0 Å². The summed E-state index contributed by atoms with van der Waals surface area (Å²) in [6, 6.07) is 8.87. The Hall–Kier alpha value is -2.96. The number of carbonyl (C=O) groups is 1. The first kappa shape index (κ1) is 17.8. The van der Waals surface area contributed by atoms with Crippen molar-refractivity contribution >= 4 is 11.6 Å². The lowest BCUT2D eigenvalue weighted by Gasteiger charge is -2.48. The van der Waals surface area contributed by atoms with Crippen LogP contribution in [-0.4, -0.2) is 53.2 Å². The number of hydrogen-bond donors (Lipinski definition) is 2. The minimum atomic E-state index is -0.441. The van der Waals surface area contributed by atoms with Gasteiger partial charge in [0.05, 0.1) is 18.2 Å². The molecule has 26 heavy (non-hydrogen) atoms. The molecule has 1 aromatic carbocycles. The molecule has 1 aromatic heterocycles. The average Bonchev–Trinajstić information content (AvgIpc) is 2.60. The largest absolute Gasteiger partial charge is 0.507 e. The molecule has 1 fully saturated rings. The molecule has 7 nitrogen and oxygen atoms in total. The number of benzene rings is 1. The van der Waals surface area contributed by atoms with Gasteiger partial charge in [0.15, 0.2) is 0 Å². The molecule has 1 aliphatic heterocycles. The molecule has 2 aromatic rings. The second-order valence-corrected chi connectivity index (χ2v) is 6.98. The quantitative estimate of drug-likeness (QED) is 0.875. The predicted octanol–water partition coefficient (Wildman–Crippen LogP) is 1.83. The van der Waals surface area contributed by atoms with Crippen LogP contribution in [0.15, 0.2) is 41.3 Å². The fourth-order valence-corrected chi connectivity index (χ4v) is 3.37. The number of aromatic amines is 1. The Balaban J connectivity index is 1.79. The molecule has 0 radical (unpaired) electrons. The van der Waals surface area contributed by atoms with Crippen molar-refractivity contribution in [2.45, 2.75) is 19.4 Å². The van der Waals surface area contributed by atoms with Crippen LogP contribution >= 0.6 is 0 Å².